The van der Waals surface area contributed by atoms with Crippen LogP contribution in [-0.2, 0) is 6.42 Å². The first kappa shape index (κ1) is 12.7. The van der Waals surface area contributed by atoms with E-state index in [0.29, 0.717) is 5.16 Å². The van der Waals surface area contributed by atoms with Crippen molar-refractivity contribution in [2.24, 2.45) is 0 Å². The van der Waals surface area contributed by atoms with Crippen LogP contribution in [0.25, 0.3) is 0 Å². The van der Waals surface area contributed by atoms with Gasteiger partial charge >= 0.3 is 0 Å². The number of benzene rings is 1. The Hall–Kier alpha value is -1.75. The van der Waals surface area contributed by atoms with Gasteiger partial charge < -0.3 is 10.7 Å². The molecule has 0 aliphatic rings. The lowest BCUT2D eigenvalue weighted by Crippen LogP contribution is -2.09. The summed E-state index contributed by atoms with van der Waals surface area (Å²) in [5, 5.41) is 0.621. The minimum atomic E-state index is -0.105. The molecule has 0 bridgehead atoms. The molecule has 0 saturated carbocycles. The van der Waals surface area contributed by atoms with E-state index < -0.39 is 0 Å². The van der Waals surface area contributed by atoms with Crippen LogP contribution in [0.15, 0.2) is 45.2 Å². The number of nitrogens with zero attached hydrogens (tertiary/aromatic N) is 1. The van der Waals surface area contributed by atoms with E-state index in [1.54, 1.807) is 6.07 Å². The standard InChI is InChI=1S/C13H15N3OS/c1-2-3-10-8-12(17)16-13(15-10)18-11-6-4-9(14)5-7-11/h4-8H,2-3,14H2,1H3,(H,15,16,17). The summed E-state index contributed by atoms with van der Waals surface area (Å²) in [5.74, 6) is 0. The predicted molar refractivity (Wildman–Crippen MR) is 73.8 cm³/mol. The van der Waals surface area contributed by atoms with Crippen LogP contribution in [0.2, 0.25) is 0 Å². The van der Waals surface area contributed by atoms with Crippen LogP contribution in [0.1, 0.15) is 19.0 Å². The molecule has 2 aromatic rings. The van der Waals surface area contributed by atoms with Crippen molar-refractivity contribution in [1.82, 2.24) is 9.97 Å². The van der Waals surface area contributed by atoms with Crippen LogP contribution < -0.4 is 11.3 Å². The van der Waals surface area contributed by atoms with Gasteiger partial charge in [-0.2, -0.15) is 0 Å². The van der Waals surface area contributed by atoms with Crippen molar-refractivity contribution in [2.45, 2.75) is 29.8 Å². The topological polar surface area (TPSA) is 71.8 Å². The normalized spacial score (nSPS) is 10.5. The highest BCUT2D eigenvalue weighted by Crippen LogP contribution is 2.24. The molecule has 0 radical (unpaired) electrons. The number of aromatic nitrogens is 2. The van der Waals surface area contributed by atoms with Gasteiger partial charge in [-0.15, -0.1) is 0 Å². The fraction of sp³-hybridized carbons (Fsp3) is 0.231. The molecule has 0 unspecified atom stereocenters. The van der Waals surface area contributed by atoms with Gasteiger partial charge in [0.05, 0.1) is 0 Å². The van der Waals surface area contributed by atoms with Gasteiger partial charge in [-0.3, -0.25) is 4.79 Å². The highest BCUT2D eigenvalue weighted by Gasteiger charge is 2.03. The number of H-pyrrole nitrogens is 1. The summed E-state index contributed by atoms with van der Waals surface area (Å²) >= 11 is 1.43. The maximum Gasteiger partial charge on any atom is 0.251 e. The molecular weight excluding hydrogens is 246 g/mol. The Balaban J connectivity index is 2.23. The zero-order chi connectivity index (χ0) is 13.0. The molecule has 94 valence electrons. The molecule has 5 heteroatoms. The fourth-order valence-electron chi connectivity index (χ4n) is 1.56. The number of nitrogens with one attached hydrogen (secondary N) is 1. The molecular formula is C13H15N3OS. The van der Waals surface area contributed by atoms with Crippen LogP contribution >= 0.6 is 11.8 Å². The molecule has 1 aromatic carbocycles. The average Bonchev–Trinajstić information content (AvgIpc) is 2.32. The molecule has 1 aromatic heterocycles. The van der Waals surface area contributed by atoms with E-state index in [9.17, 15) is 4.79 Å². The Morgan fingerprint density at radius 2 is 2.06 bits per heavy atom. The van der Waals surface area contributed by atoms with Gasteiger partial charge in [0.1, 0.15) is 0 Å². The van der Waals surface area contributed by atoms with Crippen LogP contribution in [0, 0.1) is 0 Å². The number of hydrogen-bond acceptors (Lipinski definition) is 4. The number of aromatic amines is 1. The second kappa shape index (κ2) is 5.73. The molecule has 0 atom stereocenters. The van der Waals surface area contributed by atoms with E-state index in [4.69, 9.17) is 5.73 Å². The maximum atomic E-state index is 11.5. The summed E-state index contributed by atoms with van der Waals surface area (Å²) in [5.41, 5.74) is 7.08. The minimum Gasteiger partial charge on any atom is -0.399 e. The molecule has 2 rings (SSSR count). The fourth-order valence-corrected chi connectivity index (χ4v) is 2.37. The van der Waals surface area contributed by atoms with E-state index in [0.717, 1.165) is 29.1 Å². The van der Waals surface area contributed by atoms with Crippen molar-refractivity contribution in [1.29, 1.82) is 0 Å². The molecule has 0 amide bonds. The smallest absolute Gasteiger partial charge is 0.251 e. The quantitative estimate of drug-likeness (QED) is 0.655. The van der Waals surface area contributed by atoms with E-state index in [1.165, 1.54) is 11.8 Å². The summed E-state index contributed by atoms with van der Waals surface area (Å²) in [6.07, 6.45) is 1.79. The molecule has 0 spiro atoms. The monoisotopic (exact) mass is 261 g/mol. The Morgan fingerprint density at radius 1 is 1.33 bits per heavy atom. The molecule has 4 nitrogen and oxygen atoms in total. The SMILES string of the molecule is CCCc1cc(=O)[nH]c(Sc2ccc(N)cc2)n1. The van der Waals surface area contributed by atoms with Crippen molar-refractivity contribution < 1.29 is 0 Å². The highest BCUT2D eigenvalue weighted by molar-refractivity contribution is 7.99. The third kappa shape index (κ3) is 3.37. The number of nitrogens with two attached hydrogens (primary N) is 1. The van der Waals surface area contributed by atoms with Crippen LogP contribution in [0.4, 0.5) is 5.69 Å². The zero-order valence-corrected chi connectivity index (χ0v) is 11.0. The third-order valence-electron chi connectivity index (χ3n) is 2.37. The van der Waals surface area contributed by atoms with Crippen LogP contribution in [-0.4, -0.2) is 9.97 Å². The van der Waals surface area contributed by atoms with Gasteiger partial charge in [-0.1, -0.05) is 25.1 Å². The summed E-state index contributed by atoms with van der Waals surface area (Å²) in [7, 11) is 0. The Morgan fingerprint density at radius 3 is 2.72 bits per heavy atom. The molecule has 0 saturated heterocycles. The summed E-state index contributed by atoms with van der Waals surface area (Å²) in [6.45, 7) is 2.07. The van der Waals surface area contributed by atoms with E-state index >= 15 is 0 Å². The zero-order valence-electron chi connectivity index (χ0n) is 10.1. The molecule has 0 aliphatic heterocycles. The van der Waals surface area contributed by atoms with Crippen LogP contribution in [0.3, 0.4) is 0 Å². The second-order valence-corrected chi connectivity index (χ2v) is 5.03. The van der Waals surface area contributed by atoms with Gasteiger partial charge in [0.25, 0.3) is 5.56 Å². The Bertz CT molecular complexity index is 578. The molecule has 0 fully saturated rings. The lowest BCUT2D eigenvalue weighted by atomic mass is 10.2. The lowest BCUT2D eigenvalue weighted by molar-refractivity contribution is 0.816. The van der Waals surface area contributed by atoms with Gasteiger partial charge in [-0.25, -0.2) is 4.98 Å². The number of aryl methyl sites for hydroxylation is 1. The van der Waals surface area contributed by atoms with E-state index in [1.807, 2.05) is 24.3 Å². The van der Waals surface area contributed by atoms with Gasteiger partial charge in [0, 0.05) is 22.3 Å². The summed E-state index contributed by atoms with van der Waals surface area (Å²) in [6, 6.07) is 9.03. The molecule has 3 N–H and O–H groups in total. The summed E-state index contributed by atoms with van der Waals surface area (Å²) < 4.78 is 0. The first-order valence-corrected chi connectivity index (χ1v) is 6.62. The summed E-state index contributed by atoms with van der Waals surface area (Å²) in [4.78, 5) is 19.7. The predicted octanol–water partition coefficient (Wildman–Crippen LogP) is 2.46. The maximum absolute atomic E-state index is 11.5. The Kier molecular flexibility index (Phi) is 4.04. The second-order valence-electron chi connectivity index (χ2n) is 3.96. The van der Waals surface area contributed by atoms with Crippen molar-refractivity contribution in [3.8, 4) is 0 Å². The van der Waals surface area contributed by atoms with Crippen LogP contribution in [0.5, 0.6) is 0 Å². The number of nitrogen functional groups attached to an aromatic ring is 1. The minimum absolute atomic E-state index is 0.105. The molecule has 1 heterocycles. The van der Waals surface area contributed by atoms with Crippen molar-refractivity contribution in [3.05, 3.63) is 46.4 Å². The Labute approximate surface area is 110 Å². The third-order valence-corrected chi connectivity index (χ3v) is 3.27. The number of rotatable bonds is 4. The van der Waals surface area contributed by atoms with Gasteiger partial charge in [0.15, 0.2) is 5.16 Å². The molecule has 0 aliphatic carbocycles. The molecule has 18 heavy (non-hydrogen) atoms. The van der Waals surface area contributed by atoms with Crippen molar-refractivity contribution in [3.63, 3.8) is 0 Å². The lowest BCUT2D eigenvalue weighted by Gasteiger charge is -2.03. The average molecular weight is 261 g/mol. The first-order chi connectivity index (χ1) is 8.67. The van der Waals surface area contributed by atoms with E-state index in [-0.39, 0.29) is 5.56 Å². The largest absolute Gasteiger partial charge is 0.399 e. The van der Waals surface area contributed by atoms with Gasteiger partial charge in [-0.05, 0) is 30.7 Å². The first-order valence-electron chi connectivity index (χ1n) is 5.81. The highest BCUT2D eigenvalue weighted by atomic mass is 32.2. The van der Waals surface area contributed by atoms with E-state index in [2.05, 4.69) is 16.9 Å². The number of anilines is 1. The van der Waals surface area contributed by atoms with Crippen molar-refractivity contribution in [2.75, 3.05) is 5.73 Å². The van der Waals surface area contributed by atoms with Crippen molar-refractivity contribution >= 4 is 17.4 Å². The van der Waals surface area contributed by atoms with Gasteiger partial charge in [0.2, 0.25) is 0 Å². The number of hydrogen-bond donors (Lipinski definition) is 2.